The van der Waals surface area contributed by atoms with Gasteiger partial charge in [0.05, 0.1) is 13.2 Å². The number of rotatable bonds is 24. The van der Waals surface area contributed by atoms with Crippen LogP contribution in [0, 0.1) is 0 Å². The van der Waals surface area contributed by atoms with Crippen LogP contribution in [-0.2, 0) is 27.9 Å². The van der Waals surface area contributed by atoms with E-state index in [-0.39, 0.29) is 6.42 Å². The predicted octanol–water partition coefficient (Wildman–Crippen LogP) is 4.47. The average Bonchev–Trinajstić information content (AvgIpc) is 2.82. The first-order chi connectivity index (χ1) is 16.7. The monoisotopic (exact) mass is 523 g/mol. The van der Waals surface area contributed by atoms with E-state index in [1.165, 1.54) is 44.9 Å². The summed E-state index contributed by atoms with van der Waals surface area (Å²) in [6.07, 6.45) is 18.6. The number of carboxylic acid groups (broad SMARTS) is 1. The van der Waals surface area contributed by atoms with Gasteiger partial charge in [0.1, 0.15) is 18.8 Å². The molecule has 5 N–H and O–H groups in total. The van der Waals surface area contributed by atoms with Crippen molar-refractivity contribution in [3.8, 4) is 0 Å². The number of unbranched alkanes of at least 4 members (excludes halogenated alkanes) is 11. The summed E-state index contributed by atoms with van der Waals surface area (Å²) in [5.74, 6) is -1.86. The Hall–Kier alpha value is -1.29. The molecule has 0 aromatic heterocycles. The van der Waals surface area contributed by atoms with E-state index >= 15 is 0 Å². The van der Waals surface area contributed by atoms with E-state index in [1.54, 1.807) is 0 Å². The Morgan fingerprint density at radius 3 is 1.94 bits per heavy atom. The Labute approximate surface area is 209 Å². The number of hydrogen-bond acceptors (Lipinski definition) is 8. The molecular weight excluding hydrogens is 477 g/mol. The number of esters is 1. The molecule has 0 fully saturated rings. The maximum atomic E-state index is 11.7. The number of phosphoric acid groups is 1. The van der Waals surface area contributed by atoms with Gasteiger partial charge in [-0.15, -0.1) is 0 Å². The fourth-order valence-corrected chi connectivity index (χ4v) is 3.90. The van der Waals surface area contributed by atoms with Gasteiger partial charge >= 0.3 is 19.8 Å². The Kier molecular flexibility index (Phi) is 21.1. The van der Waals surface area contributed by atoms with E-state index in [9.17, 15) is 24.2 Å². The molecule has 0 aliphatic heterocycles. The van der Waals surface area contributed by atoms with Crippen LogP contribution in [0.5, 0.6) is 0 Å². The third kappa shape index (κ3) is 22.9. The molecule has 0 bridgehead atoms. The van der Waals surface area contributed by atoms with Gasteiger partial charge in [-0.2, -0.15) is 0 Å². The number of aliphatic hydroxyl groups excluding tert-OH is 1. The van der Waals surface area contributed by atoms with Crippen LogP contribution in [0.15, 0.2) is 12.2 Å². The van der Waals surface area contributed by atoms with Gasteiger partial charge in [-0.3, -0.25) is 18.6 Å². The summed E-state index contributed by atoms with van der Waals surface area (Å²) in [5.41, 5.74) is 5.15. The summed E-state index contributed by atoms with van der Waals surface area (Å²) in [7, 11) is -4.58. The van der Waals surface area contributed by atoms with E-state index in [2.05, 4.69) is 28.1 Å². The zero-order chi connectivity index (χ0) is 26.4. The number of phosphoric ester groups is 1. The van der Waals surface area contributed by atoms with Gasteiger partial charge in [0, 0.05) is 6.42 Å². The third-order valence-electron chi connectivity index (χ3n) is 5.24. The number of aliphatic carboxylic acids is 1. The van der Waals surface area contributed by atoms with Crippen molar-refractivity contribution >= 4 is 19.8 Å². The van der Waals surface area contributed by atoms with Gasteiger partial charge in [0.2, 0.25) is 0 Å². The minimum Gasteiger partial charge on any atom is -0.480 e. The van der Waals surface area contributed by atoms with Gasteiger partial charge < -0.3 is 25.6 Å². The first kappa shape index (κ1) is 33.7. The summed E-state index contributed by atoms with van der Waals surface area (Å²) in [4.78, 5) is 31.7. The summed E-state index contributed by atoms with van der Waals surface area (Å²) in [6.45, 7) is 0.482. The highest BCUT2D eigenvalue weighted by atomic mass is 31.2. The Bertz CT molecular complexity index is 630. The SMILES string of the molecule is CCCCCCCC/C=C/CCCCCCCC(=O)OCC(O)COP(=O)(O)OCC(N)C(=O)O. The van der Waals surface area contributed by atoms with Crippen molar-refractivity contribution in [2.24, 2.45) is 5.73 Å². The largest absolute Gasteiger partial charge is 0.480 e. The number of carboxylic acids is 1. The second-order valence-electron chi connectivity index (χ2n) is 8.68. The van der Waals surface area contributed by atoms with E-state index in [0.29, 0.717) is 6.42 Å². The number of carbonyl (C=O) groups is 2. The van der Waals surface area contributed by atoms with Crippen LogP contribution in [-0.4, -0.2) is 59.0 Å². The lowest BCUT2D eigenvalue weighted by molar-refractivity contribution is -0.147. The second-order valence-corrected chi connectivity index (χ2v) is 10.1. The van der Waals surface area contributed by atoms with Crippen LogP contribution in [0.3, 0.4) is 0 Å². The van der Waals surface area contributed by atoms with Crippen LogP contribution in [0.1, 0.15) is 96.8 Å². The maximum Gasteiger partial charge on any atom is 0.472 e. The van der Waals surface area contributed by atoms with Crippen molar-refractivity contribution in [2.75, 3.05) is 19.8 Å². The number of nitrogens with two attached hydrogens (primary N) is 1. The zero-order valence-electron chi connectivity index (χ0n) is 21.1. The lowest BCUT2D eigenvalue weighted by Crippen LogP contribution is -2.34. The fraction of sp³-hybridized carbons (Fsp3) is 0.833. The first-order valence-corrected chi connectivity index (χ1v) is 14.3. The fourth-order valence-electron chi connectivity index (χ4n) is 3.11. The van der Waals surface area contributed by atoms with Gasteiger partial charge in [0.25, 0.3) is 0 Å². The third-order valence-corrected chi connectivity index (χ3v) is 6.19. The number of aliphatic hydroxyl groups is 1. The molecule has 0 heterocycles. The molecule has 0 aromatic carbocycles. The van der Waals surface area contributed by atoms with Crippen LogP contribution in [0.4, 0.5) is 0 Å². The molecule has 0 aliphatic carbocycles. The van der Waals surface area contributed by atoms with E-state index in [0.717, 1.165) is 32.1 Å². The number of allylic oxidation sites excluding steroid dienone is 2. The molecule has 0 amide bonds. The van der Waals surface area contributed by atoms with Crippen molar-refractivity contribution in [1.29, 1.82) is 0 Å². The average molecular weight is 524 g/mol. The van der Waals surface area contributed by atoms with Crippen molar-refractivity contribution in [3.05, 3.63) is 12.2 Å². The van der Waals surface area contributed by atoms with Crippen molar-refractivity contribution in [3.63, 3.8) is 0 Å². The lowest BCUT2D eigenvalue weighted by Gasteiger charge is -2.16. The van der Waals surface area contributed by atoms with Crippen LogP contribution >= 0.6 is 7.82 Å². The molecule has 11 heteroatoms. The van der Waals surface area contributed by atoms with Crippen molar-refractivity contribution < 1.29 is 43.0 Å². The smallest absolute Gasteiger partial charge is 0.472 e. The standard InChI is InChI=1S/C24H46NO9P/c1-2-3-4-5-6-7-8-9-10-11-12-13-14-15-16-17-23(27)32-18-21(26)19-33-35(30,31)34-20-22(25)24(28)29/h9-10,21-22,26H,2-8,11-20,25H2,1H3,(H,28,29)(H,30,31)/b10-9+. The minimum atomic E-state index is -4.58. The summed E-state index contributed by atoms with van der Waals surface area (Å²) < 4.78 is 25.5. The quantitative estimate of drug-likeness (QED) is 0.0613. The molecule has 0 saturated heterocycles. The van der Waals surface area contributed by atoms with E-state index < -0.39 is 51.7 Å². The van der Waals surface area contributed by atoms with Crippen LogP contribution in [0.2, 0.25) is 0 Å². The number of hydrogen-bond donors (Lipinski definition) is 4. The number of ether oxygens (including phenoxy) is 1. The molecule has 0 aliphatic rings. The van der Waals surface area contributed by atoms with E-state index in [4.69, 9.17) is 15.6 Å². The summed E-state index contributed by atoms with van der Waals surface area (Å²) in [5, 5.41) is 18.3. The van der Waals surface area contributed by atoms with Gasteiger partial charge in [-0.25, -0.2) is 4.57 Å². The highest BCUT2D eigenvalue weighted by molar-refractivity contribution is 7.47. The van der Waals surface area contributed by atoms with Gasteiger partial charge in [-0.05, 0) is 32.1 Å². The first-order valence-electron chi connectivity index (χ1n) is 12.8. The summed E-state index contributed by atoms with van der Waals surface area (Å²) >= 11 is 0. The maximum absolute atomic E-state index is 11.7. The Balaban J connectivity index is 3.62. The number of carbonyl (C=O) groups excluding carboxylic acids is 1. The Morgan fingerprint density at radius 1 is 0.857 bits per heavy atom. The van der Waals surface area contributed by atoms with Crippen molar-refractivity contribution in [1.82, 2.24) is 0 Å². The Morgan fingerprint density at radius 2 is 1.37 bits per heavy atom. The second kappa shape index (κ2) is 21.9. The topological polar surface area (TPSA) is 166 Å². The molecule has 3 atom stereocenters. The molecule has 206 valence electrons. The molecule has 3 unspecified atom stereocenters. The van der Waals surface area contributed by atoms with Crippen molar-refractivity contribution in [2.45, 2.75) is 109 Å². The highest BCUT2D eigenvalue weighted by Crippen LogP contribution is 2.43. The molecule has 0 spiro atoms. The zero-order valence-corrected chi connectivity index (χ0v) is 22.0. The van der Waals surface area contributed by atoms with Crippen LogP contribution in [0.25, 0.3) is 0 Å². The molecular formula is C24H46NO9P. The lowest BCUT2D eigenvalue weighted by atomic mass is 10.1. The predicted molar refractivity (Wildman–Crippen MR) is 134 cm³/mol. The molecule has 10 nitrogen and oxygen atoms in total. The minimum absolute atomic E-state index is 0.237. The van der Waals surface area contributed by atoms with Gasteiger partial charge in [-0.1, -0.05) is 70.4 Å². The van der Waals surface area contributed by atoms with E-state index in [1.807, 2.05) is 0 Å². The summed E-state index contributed by atoms with van der Waals surface area (Å²) in [6, 6.07) is -1.48. The normalized spacial score (nSPS) is 15.1. The highest BCUT2D eigenvalue weighted by Gasteiger charge is 2.26. The molecule has 0 radical (unpaired) electrons. The molecule has 0 rings (SSSR count). The van der Waals surface area contributed by atoms with Crippen LogP contribution < -0.4 is 5.73 Å². The molecule has 0 aromatic rings. The molecule has 35 heavy (non-hydrogen) atoms. The molecule has 0 saturated carbocycles. The van der Waals surface area contributed by atoms with Gasteiger partial charge in [0.15, 0.2) is 0 Å².